The van der Waals surface area contributed by atoms with E-state index in [1.807, 2.05) is 37.3 Å². The molecule has 1 aliphatic carbocycles. The number of carbonyl (C=O) groups is 2. The van der Waals surface area contributed by atoms with Crippen LogP contribution in [0.1, 0.15) is 51.7 Å². The molecular weight excluding hydrogens is 521 g/mol. The van der Waals surface area contributed by atoms with Gasteiger partial charge in [-0.1, -0.05) is 12.1 Å². The molecule has 0 saturated heterocycles. The number of nitrogens with zero attached hydrogens (tertiary/aromatic N) is 1. The third kappa shape index (κ3) is 4.82. The molecule has 0 spiro atoms. The zero-order valence-corrected chi connectivity index (χ0v) is 22.6. The average molecular weight is 550 g/mol. The van der Waals surface area contributed by atoms with Crippen LogP contribution < -0.4 is 10.6 Å². The van der Waals surface area contributed by atoms with Crippen molar-refractivity contribution in [1.82, 2.24) is 15.6 Å². The lowest BCUT2D eigenvalue weighted by molar-refractivity contribution is 0.0927. The second-order valence-electron chi connectivity index (χ2n) is 10.3. The van der Waals surface area contributed by atoms with Gasteiger partial charge in [-0.25, -0.2) is 4.39 Å². The van der Waals surface area contributed by atoms with Crippen molar-refractivity contribution in [3.05, 3.63) is 107 Å². The van der Waals surface area contributed by atoms with Crippen molar-refractivity contribution in [2.24, 2.45) is 0 Å². The van der Waals surface area contributed by atoms with E-state index in [-0.39, 0.29) is 17.6 Å². The molecule has 1 aliphatic rings. The summed E-state index contributed by atoms with van der Waals surface area (Å²) in [6.07, 6.45) is 3.28. The van der Waals surface area contributed by atoms with Crippen molar-refractivity contribution in [3.8, 4) is 28.2 Å². The molecule has 3 aromatic carbocycles. The van der Waals surface area contributed by atoms with Gasteiger partial charge < -0.3 is 20.2 Å². The Morgan fingerprint density at radius 3 is 2.44 bits per heavy atom. The van der Waals surface area contributed by atoms with Gasteiger partial charge in [0, 0.05) is 29.3 Å². The fourth-order valence-corrected chi connectivity index (χ4v) is 5.18. The summed E-state index contributed by atoms with van der Waals surface area (Å²) in [5.41, 5.74) is 3.93. The number of fused-ring (bicyclic) bond motifs is 1. The minimum atomic E-state index is -0.507. The molecule has 0 atom stereocenters. The van der Waals surface area contributed by atoms with Gasteiger partial charge in [-0.05, 0) is 104 Å². The highest BCUT2D eigenvalue weighted by molar-refractivity contribution is 6.12. The summed E-state index contributed by atoms with van der Waals surface area (Å²) in [6.45, 7) is 4.01. The molecule has 0 aliphatic heterocycles. The minimum absolute atomic E-state index is 0.0152. The van der Waals surface area contributed by atoms with Crippen molar-refractivity contribution >= 4 is 22.8 Å². The first-order chi connectivity index (χ1) is 19.8. The number of amides is 2. The first-order valence-corrected chi connectivity index (χ1v) is 13.5. The van der Waals surface area contributed by atoms with Gasteiger partial charge in [-0.3, -0.25) is 14.6 Å². The van der Waals surface area contributed by atoms with Crippen molar-refractivity contribution in [2.45, 2.75) is 32.2 Å². The molecule has 0 unspecified atom stereocenters. The van der Waals surface area contributed by atoms with Gasteiger partial charge in [0.25, 0.3) is 11.8 Å². The summed E-state index contributed by atoms with van der Waals surface area (Å²) >= 11 is 0. The number of rotatable bonds is 7. The third-order valence-corrected chi connectivity index (χ3v) is 7.57. The molecule has 6 rings (SSSR count). The molecule has 2 heterocycles. The van der Waals surface area contributed by atoms with E-state index >= 15 is 0 Å². The molecule has 0 radical (unpaired) electrons. The molecule has 5 aromatic rings. The highest BCUT2D eigenvalue weighted by Gasteiger charge is 2.47. The summed E-state index contributed by atoms with van der Waals surface area (Å²) in [4.78, 5) is 31.0. The van der Waals surface area contributed by atoms with Crippen LogP contribution in [0.25, 0.3) is 33.4 Å². The first kappa shape index (κ1) is 26.3. The lowest BCUT2D eigenvalue weighted by atomic mass is 9.94. The van der Waals surface area contributed by atoms with Crippen molar-refractivity contribution < 1.29 is 23.5 Å². The van der Waals surface area contributed by atoms with Crippen LogP contribution in [-0.4, -0.2) is 28.4 Å². The maximum atomic E-state index is 13.6. The van der Waals surface area contributed by atoms with E-state index in [9.17, 15) is 19.1 Å². The smallest absolute Gasteiger partial charge is 0.255 e. The van der Waals surface area contributed by atoms with Gasteiger partial charge in [-0.2, -0.15) is 0 Å². The summed E-state index contributed by atoms with van der Waals surface area (Å²) in [5.74, 6) is -0.701. The van der Waals surface area contributed by atoms with E-state index in [2.05, 4.69) is 15.6 Å². The van der Waals surface area contributed by atoms with E-state index in [0.717, 1.165) is 18.5 Å². The first-order valence-electron chi connectivity index (χ1n) is 13.5. The largest absolute Gasteiger partial charge is 0.508 e. The second kappa shape index (κ2) is 10.2. The van der Waals surface area contributed by atoms with Crippen LogP contribution >= 0.6 is 0 Å². The molecule has 206 valence electrons. The summed E-state index contributed by atoms with van der Waals surface area (Å²) < 4.78 is 19.7. The number of hydrogen-bond acceptors (Lipinski definition) is 5. The van der Waals surface area contributed by atoms with Gasteiger partial charge in [0.05, 0.1) is 16.8 Å². The van der Waals surface area contributed by atoms with E-state index in [1.165, 1.54) is 18.2 Å². The third-order valence-electron chi connectivity index (χ3n) is 7.57. The maximum Gasteiger partial charge on any atom is 0.255 e. The zero-order chi connectivity index (χ0) is 28.7. The van der Waals surface area contributed by atoms with Crippen molar-refractivity contribution in [3.63, 3.8) is 0 Å². The predicted molar refractivity (Wildman–Crippen MR) is 154 cm³/mol. The topological polar surface area (TPSA) is 104 Å². The van der Waals surface area contributed by atoms with E-state index < -0.39 is 11.4 Å². The Kier molecular flexibility index (Phi) is 6.53. The number of carbonyl (C=O) groups excluding carboxylic acids is 2. The lowest BCUT2D eigenvalue weighted by Crippen LogP contribution is -2.35. The summed E-state index contributed by atoms with van der Waals surface area (Å²) in [5, 5.41) is 17.3. The summed E-state index contributed by atoms with van der Waals surface area (Å²) in [6, 6.07) is 20.0. The molecule has 0 bridgehead atoms. The average Bonchev–Trinajstić information content (AvgIpc) is 3.66. The standard InChI is InChI=1S/C33H28FN3O4/c1-3-35-32(40)29-25-16-21(9-12-27(25)41-30(29)20-7-10-23(34)11-8-20)24-17-22(18-26(38)19(24)2)31(39)37-33(13-14-33)28-6-4-5-15-36-28/h4-12,15-18,38H,3,13-14H2,1-2H3,(H,35,40)(H,37,39). The van der Waals surface area contributed by atoms with Crippen LogP contribution in [0.4, 0.5) is 4.39 Å². The van der Waals surface area contributed by atoms with E-state index in [4.69, 9.17) is 4.42 Å². The number of aromatic nitrogens is 1. The van der Waals surface area contributed by atoms with Crippen molar-refractivity contribution in [1.29, 1.82) is 0 Å². The summed E-state index contributed by atoms with van der Waals surface area (Å²) in [7, 11) is 0. The molecule has 2 aromatic heterocycles. The Morgan fingerprint density at radius 2 is 1.76 bits per heavy atom. The molecule has 41 heavy (non-hydrogen) atoms. The van der Waals surface area contributed by atoms with Crippen LogP contribution in [0.5, 0.6) is 5.75 Å². The van der Waals surface area contributed by atoms with Gasteiger partial charge in [-0.15, -0.1) is 0 Å². The zero-order valence-electron chi connectivity index (χ0n) is 22.6. The fourth-order valence-electron chi connectivity index (χ4n) is 5.18. The number of aromatic hydroxyl groups is 1. The number of furan rings is 1. The predicted octanol–water partition coefficient (Wildman–Crippen LogP) is 6.48. The van der Waals surface area contributed by atoms with Crippen molar-refractivity contribution in [2.75, 3.05) is 6.54 Å². The second-order valence-corrected chi connectivity index (χ2v) is 10.3. The number of halogens is 1. The highest BCUT2D eigenvalue weighted by Crippen LogP contribution is 2.45. The van der Waals surface area contributed by atoms with Gasteiger partial charge in [0.1, 0.15) is 22.9 Å². The molecule has 3 N–H and O–H groups in total. The molecule has 1 saturated carbocycles. The van der Waals surface area contributed by atoms with Gasteiger partial charge in [0.15, 0.2) is 0 Å². The lowest BCUT2D eigenvalue weighted by Gasteiger charge is -2.18. The fraction of sp³-hybridized carbons (Fsp3) is 0.182. The Morgan fingerprint density at radius 1 is 1.00 bits per heavy atom. The normalized spacial score (nSPS) is 13.6. The Labute approximate surface area is 236 Å². The number of hydrogen-bond donors (Lipinski definition) is 3. The maximum absolute atomic E-state index is 13.6. The van der Waals surface area contributed by atoms with Crippen LogP contribution in [-0.2, 0) is 5.54 Å². The number of nitrogens with one attached hydrogen (secondary N) is 2. The minimum Gasteiger partial charge on any atom is -0.508 e. The number of benzene rings is 3. The van der Waals surface area contributed by atoms with Gasteiger partial charge >= 0.3 is 0 Å². The van der Waals surface area contributed by atoms with Gasteiger partial charge in [0.2, 0.25) is 0 Å². The number of phenols is 1. The SMILES string of the molecule is CCNC(=O)c1c(-c2ccc(F)cc2)oc2ccc(-c3cc(C(=O)NC4(c5ccccn5)CC4)cc(O)c3C)cc12. The van der Waals surface area contributed by atoms with E-state index in [0.29, 0.717) is 56.7 Å². The number of pyridine rings is 1. The highest BCUT2D eigenvalue weighted by atomic mass is 19.1. The molecular formula is C33H28FN3O4. The van der Waals surface area contributed by atoms with Crippen LogP contribution in [0, 0.1) is 12.7 Å². The monoisotopic (exact) mass is 549 g/mol. The van der Waals surface area contributed by atoms with E-state index in [1.54, 1.807) is 37.4 Å². The Bertz CT molecular complexity index is 1790. The quantitative estimate of drug-likeness (QED) is 0.215. The van der Waals surface area contributed by atoms with Crippen LogP contribution in [0.3, 0.4) is 0 Å². The molecule has 2 amide bonds. The molecule has 8 heteroatoms. The Hall–Kier alpha value is -4.98. The Balaban J connectivity index is 1.42. The van der Waals surface area contributed by atoms with Crippen LogP contribution in [0.15, 0.2) is 83.4 Å². The van der Waals surface area contributed by atoms with Crippen LogP contribution in [0.2, 0.25) is 0 Å². The molecule has 7 nitrogen and oxygen atoms in total. The number of phenolic OH excluding ortho intramolecular Hbond substituents is 1. The molecule has 1 fully saturated rings.